The minimum absolute atomic E-state index is 0.0999. The number of nitrogens with zero attached hydrogens (tertiary/aromatic N) is 2. The molecule has 3 rings (SSSR count). The van der Waals surface area contributed by atoms with Gasteiger partial charge in [-0.3, -0.25) is 4.79 Å². The summed E-state index contributed by atoms with van der Waals surface area (Å²) in [6.07, 6.45) is 1.68. The molecule has 0 bridgehead atoms. The topological polar surface area (TPSA) is 53.4 Å². The molecule has 7 heteroatoms. The van der Waals surface area contributed by atoms with Gasteiger partial charge in [0.1, 0.15) is 16.5 Å². The Bertz CT molecular complexity index is 780. The fourth-order valence-corrected chi connectivity index (χ4v) is 4.20. The first-order valence-electron chi connectivity index (χ1n) is 8.18. The molecule has 25 heavy (non-hydrogen) atoms. The van der Waals surface area contributed by atoms with Gasteiger partial charge in [-0.1, -0.05) is 6.07 Å². The lowest BCUT2D eigenvalue weighted by molar-refractivity contribution is 0.0270. The van der Waals surface area contributed by atoms with Crippen molar-refractivity contribution in [2.75, 3.05) is 19.7 Å². The van der Waals surface area contributed by atoms with Crippen LogP contribution in [0.5, 0.6) is 0 Å². The summed E-state index contributed by atoms with van der Waals surface area (Å²) < 4.78 is 27.2. The van der Waals surface area contributed by atoms with Gasteiger partial charge in [0.15, 0.2) is 0 Å². The molecule has 1 aromatic heterocycles. The maximum Gasteiger partial charge on any atom is 0.265 e. The fourth-order valence-electron chi connectivity index (χ4n) is 3.43. The number of aliphatic hydroxyl groups is 1. The van der Waals surface area contributed by atoms with Gasteiger partial charge in [-0.15, -0.1) is 11.3 Å². The summed E-state index contributed by atoms with van der Waals surface area (Å²) in [5.74, 6) is -1.34. The highest BCUT2D eigenvalue weighted by atomic mass is 32.1. The minimum Gasteiger partial charge on any atom is -0.396 e. The van der Waals surface area contributed by atoms with Crippen LogP contribution in [0.15, 0.2) is 23.7 Å². The number of likely N-dealkylation sites (tertiary alicyclic amines) is 1. The summed E-state index contributed by atoms with van der Waals surface area (Å²) in [7, 11) is 0. The number of benzene rings is 1. The first kappa shape index (κ1) is 17.9. The van der Waals surface area contributed by atoms with Crippen LogP contribution in [0.4, 0.5) is 8.78 Å². The quantitative estimate of drug-likeness (QED) is 0.904. The zero-order chi connectivity index (χ0) is 18.0. The van der Waals surface area contributed by atoms with Crippen molar-refractivity contribution in [3.05, 3.63) is 51.5 Å². The van der Waals surface area contributed by atoms with E-state index in [9.17, 15) is 18.7 Å². The summed E-state index contributed by atoms with van der Waals surface area (Å²) in [5, 5.41) is 9.99. The van der Waals surface area contributed by atoms with Gasteiger partial charge in [0.2, 0.25) is 0 Å². The summed E-state index contributed by atoms with van der Waals surface area (Å²) in [6, 6.07) is 3.49. The van der Waals surface area contributed by atoms with Crippen LogP contribution < -0.4 is 0 Å². The number of piperidine rings is 1. The monoisotopic (exact) mass is 366 g/mol. The molecule has 1 aliphatic heterocycles. The summed E-state index contributed by atoms with van der Waals surface area (Å²) >= 11 is 1.30. The number of rotatable bonds is 4. The fraction of sp³-hybridized carbons (Fsp3) is 0.444. The van der Waals surface area contributed by atoms with Gasteiger partial charge in [0.05, 0.1) is 17.8 Å². The van der Waals surface area contributed by atoms with Gasteiger partial charge in [-0.05, 0) is 37.8 Å². The van der Waals surface area contributed by atoms with E-state index in [0.717, 1.165) is 12.5 Å². The molecular formula is C18H20F2N2O2S. The van der Waals surface area contributed by atoms with E-state index in [1.165, 1.54) is 23.5 Å². The largest absolute Gasteiger partial charge is 0.396 e. The van der Waals surface area contributed by atoms with Crippen LogP contribution in [0.2, 0.25) is 0 Å². The van der Waals surface area contributed by atoms with Crippen LogP contribution in [-0.4, -0.2) is 40.6 Å². The van der Waals surface area contributed by atoms with E-state index < -0.39 is 17.0 Å². The molecule has 1 N–H and O–H groups in total. The van der Waals surface area contributed by atoms with Gasteiger partial charge in [0, 0.05) is 24.6 Å². The van der Waals surface area contributed by atoms with Crippen LogP contribution in [0, 0.1) is 24.0 Å². The molecule has 0 radical (unpaired) electrons. The molecule has 4 nitrogen and oxygen atoms in total. The highest BCUT2D eigenvalue weighted by Gasteiger charge is 2.38. The summed E-state index contributed by atoms with van der Waals surface area (Å²) in [5.41, 5.74) is 2.07. The van der Waals surface area contributed by atoms with Crippen LogP contribution in [0.25, 0.3) is 0 Å². The van der Waals surface area contributed by atoms with E-state index in [1.54, 1.807) is 17.3 Å². The highest BCUT2D eigenvalue weighted by Crippen LogP contribution is 2.35. The van der Waals surface area contributed by atoms with Crippen molar-refractivity contribution in [1.29, 1.82) is 0 Å². The predicted octanol–water partition coefficient (Wildman–Crippen LogP) is 3.19. The third kappa shape index (κ3) is 3.72. The van der Waals surface area contributed by atoms with E-state index in [-0.39, 0.29) is 18.9 Å². The molecule has 0 aliphatic carbocycles. The number of hydrogen-bond acceptors (Lipinski definition) is 4. The van der Waals surface area contributed by atoms with E-state index in [1.807, 2.05) is 0 Å². The second-order valence-electron chi connectivity index (χ2n) is 6.67. The molecule has 1 saturated heterocycles. The van der Waals surface area contributed by atoms with E-state index >= 15 is 0 Å². The molecule has 134 valence electrons. The molecular weight excluding hydrogens is 346 g/mol. The number of aliphatic hydroxyl groups excluding tert-OH is 1. The maximum absolute atomic E-state index is 14.0. The lowest BCUT2D eigenvalue weighted by Gasteiger charge is -2.42. The van der Waals surface area contributed by atoms with Gasteiger partial charge in [-0.25, -0.2) is 13.8 Å². The van der Waals surface area contributed by atoms with Crippen molar-refractivity contribution < 1.29 is 18.7 Å². The molecule has 0 spiro atoms. The van der Waals surface area contributed by atoms with Gasteiger partial charge < -0.3 is 10.0 Å². The predicted molar refractivity (Wildman–Crippen MR) is 91.6 cm³/mol. The third-order valence-corrected chi connectivity index (χ3v) is 5.72. The molecule has 1 amide bonds. The Kier molecular flexibility index (Phi) is 5.15. The van der Waals surface area contributed by atoms with Gasteiger partial charge in [-0.2, -0.15) is 0 Å². The van der Waals surface area contributed by atoms with Crippen molar-refractivity contribution in [2.45, 2.75) is 26.2 Å². The molecule has 1 aliphatic rings. The second kappa shape index (κ2) is 7.17. The highest BCUT2D eigenvalue weighted by molar-refractivity contribution is 7.11. The first-order chi connectivity index (χ1) is 11.9. The average molecular weight is 366 g/mol. The van der Waals surface area contributed by atoms with Crippen molar-refractivity contribution in [2.24, 2.45) is 5.41 Å². The minimum atomic E-state index is -0.625. The van der Waals surface area contributed by atoms with Crippen LogP contribution >= 0.6 is 11.3 Å². The number of hydrogen-bond donors (Lipinski definition) is 1. The summed E-state index contributed by atoms with van der Waals surface area (Å²) in [4.78, 5) is 19.2. The SMILES string of the molecule is Cc1ncsc1C(=O)N1CCCC(CO)(Cc2ccc(F)cc2F)C1. The first-order valence-corrected chi connectivity index (χ1v) is 9.06. The molecule has 1 fully saturated rings. The zero-order valence-electron chi connectivity index (χ0n) is 14.0. The van der Waals surface area contributed by atoms with Crippen molar-refractivity contribution in [3.8, 4) is 0 Å². The molecule has 1 unspecified atom stereocenters. The zero-order valence-corrected chi connectivity index (χ0v) is 14.8. The normalized spacial score (nSPS) is 20.7. The van der Waals surface area contributed by atoms with Crippen LogP contribution in [0.1, 0.15) is 33.8 Å². The van der Waals surface area contributed by atoms with Crippen molar-refractivity contribution in [3.63, 3.8) is 0 Å². The van der Waals surface area contributed by atoms with Crippen LogP contribution in [0.3, 0.4) is 0 Å². The molecule has 2 heterocycles. The Hall–Kier alpha value is -1.86. The lowest BCUT2D eigenvalue weighted by Crippen LogP contribution is -2.49. The average Bonchev–Trinajstić information content (AvgIpc) is 3.03. The third-order valence-electron chi connectivity index (χ3n) is 4.80. The number of aromatic nitrogens is 1. The van der Waals surface area contributed by atoms with Crippen molar-refractivity contribution in [1.82, 2.24) is 9.88 Å². The molecule has 1 atom stereocenters. The smallest absolute Gasteiger partial charge is 0.265 e. The molecule has 1 aromatic carbocycles. The number of thiazole rings is 1. The number of carbonyl (C=O) groups is 1. The standard InChI is InChI=1S/C18H20F2N2O2S/c1-12-16(25-11-21-12)17(24)22-6-2-5-18(9-22,10-23)8-13-3-4-14(19)7-15(13)20/h3-4,7,11,23H,2,5-6,8-10H2,1H3. The molecule has 0 saturated carbocycles. The molecule has 2 aromatic rings. The Balaban J connectivity index is 1.81. The number of aryl methyl sites for hydroxylation is 1. The van der Waals surface area contributed by atoms with Gasteiger partial charge >= 0.3 is 0 Å². The lowest BCUT2D eigenvalue weighted by atomic mass is 9.75. The Morgan fingerprint density at radius 2 is 2.24 bits per heavy atom. The Labute approximate surface area is 149 Å². The van der Waals surface area contributed by atoms with E-state index in [4.69, 9.17) is 0 Å². The second-order valence-corrected chi connectivity index (χ2v) is 7.52. The number of halogens is 2. The maximum atomic E-state index is 14.0. The summed E-state index contributed by atoms with van der Waals surface area (Å²) in [6.45, 7) is 2.58. The van der Waals surface area contributed by atoms with E-state index in [2.05, 4.69) is 4.98 Å². The Morgan fingerprint density at radius 1 is 1.44 bits per heavy atom. The Morgan fingerprint density at radius 3 is 2.88 bits per heavy atom. The number of amides is 1. The van der Waals surface area contributed by atoms with Crippen LogP contribution in [-0.2, 0) is 6.42 Å². The van der Waals surface area contributed by atoms with E-state index in [0.29, 0.717) is 35.6 Å². The number of carbonyl (C=O) groups excluding carboxylic acids is 1. The van der Waals surface area contributed by atoms with Gasteiger partial charge in [0.25, 0.3) is 5.91 Å². The van der Waals surface area contributed by atoms with Crippen molar-refractivity contribution >= 4 is 17.2 Å².